The first-order chi connectivity index (χ1) is 7.78. The molecular formula is C10H16N6. The smallest absolute Gasteiger partial charge is 0.104 e. The minimum atomic E-state index is 0.667. The quantitative estimate of drug-likeness (QED) is 0.780. The molecule has 6 nitrogen and oxygen atoms in total. The Balaban J connectivity index is 1.97. The van der Waals surface area contributed by atoms with E-state index < -0.39 is 0 Å². The molecule has 0 atom stereocenters. The summed E-state index contributed by atoms with van der Waals surface area (Å²) in [5.41, 5.74) is 1.96. The highest BCUT2D eigenvalue weighted by Gasteiger charge is 2.02. The molecule has 6 heteroatoms. The summed E-state index contributed by atoms with van der Waals surface area (Å²) >= 11 is 0. The normalized spacial score (nSPS) is 10.9. The van der Waals surface area contributed by atoms with Crippen LogP contribution in [0, 0.1) is 0 Å². The Labute approximate surface area is 94.3 Å². The highest BCUT2D eigenvalue weighted by atomic mass is 15.4. The van der Waals surface area contributed by atoms with E-state index in [9.17, 15) is 0 Å². The van der Waals surface area contributed by atoms with Gasteiger partial charge in [-0.05, 0) is 12.6 Å². The molecule has 2 aromatic rings. The fourth-order valence-corrected chi connectivity index (χ4v) is 1.47. The zero-order valence-electron chi connectivity index (χ0n) is 9.59. The maximum absolute atomic E-state index is 4.43. The van der Waals surface area contributed by atoms with Crippen molar-refractivity contribution in [1.82, 2.24) is 30.1 Å². The van der Waals surface area contributed by atoms with Crippen LogP contribution < -0.4 is 5.32 Å². The van der Waals surface area contributed by atoms with Crippen molar-refractivity contribution in [2.75, 3.05) is 6.54 Å². The number of hydrogen-bond donors (Lipinski definition) is 1. The van der Waals surface area contributed by atoms with Crippen LogP contribution in [0.3, 0.4) is 0 Å². The highest BCUT2D eigenvalue weighted by Crippen LogP contribution is 1.99. The summed E-state index contributed by atoms with van der Waals surface area (Å²) in [4.78, 5) is 0. The van der Waals surface area contributed by atoms with Crippen LogP contribution in [0.4, 0.5) is 0 Å². The minimum Gasteiger partial charge on any atom is -0.311 e. The molecule has 2 rings (SSSR count). The van der Waals surface area contributed by atoms with Crippen molar-refractivity contribution in [3.8, 4) is 0 Å². The van der Waals surface area contributed by atoms with Crippen LogP contribution in [0.25, 0.3) is 0 Å². The van der Waals surface area contributed by atoms with Gasteiger partial charge in [0.05, 0.1) is 12.2 Å². The van der Waals surface area contributed by atoms with E-state index >= 15 is 0 Å². The van der Waals surface area contributed by atoms with E-state index in [1.807, 2.05) is 30.2 Å². The van der Waals surface area contributed by atoms with Gasteiger partial charge in [-0.1, -0.05) is 12.1 Å². The minimum absolute atomic E-state index is 0.667. The lowest BCUT2D eigenvalue weighted by Gasteiger charge is -1.98. The highest BCUT2D eigenvalue weighted by molar-refractivity contribution is 5.01. The SMILES string of the molecule is CCNCc1ccn(Cc2cn(C)nn2)n1. The molecule has 0 fully saturated rings. The van der Waals surface area contributed by atoms with E-state index in [1.165, 1.54) is 0 Å². The molecule has 0 amide bonds. The molecule has 0 unspecified atom stereocenters. The molecule has 0 saturated carbocycles. The van der Waals surface area contributed by atoms with Gasteiger partial charge < -0.3 is 5.32 Å². The largest absolute Gasteiger partial charge is 0.311 e. The van der Waals surface area contributed by atoms with Crippen LogP contribution in [0.5, 0.6) is 0 Å². The number of nitrogens with zero attached hydrogens (tertiary/aromatic N) is 5. The van der Waals surface area contributed by atoms with E-state index in [4.69, 9.17) is 0 Å². The topological polar surface area (TPSA) is 60.6 Å². The molecule has 2 aromatic heterocycles. The molecule has 0 aliphatic carbocycles. The van der Waals surface area contributed by atoms with Gasteiger partial charge in [-0.2, -0.15) is 5.10 Å². The summed E-state index contributed by atoms with van der Waals surface area (Å²) in [6.45, 7) is 4.51. The lowest BCUT2D eigenvalue weighted by Crippen LogP contribution is -2.12. The van der Waals surface area contributed by atoms with Crippen molar-refractivity contribution in [2.24, 2.45) is 7.05 Å². The Kier molecular flexibility index (Phi) is 3.31. The Bertz CT molecular complexity index is 444. The molecule has 0 bridgehead atoms. The lowest BCUT2D eigenvalue weighted by molar-refractivity contribution is 0.635. The van der Waals surface area contributed by atoms with Gasteiger partial charge >= 0.3 is 0 Å². The van der Waals surface area contributed by atoms with Crippen molar-refractivity contribution in [3.05, 3.63) is 29.8 Å². The Morgan fingerprint density at radius 2 is 2.25 bits per heavy atom. The van der Waals surface area contributed by atoms with Crippen molar-refractivity contribution in [3.63, 3.8) is 0 Å². The Morgan fingerprint density at radius 1 is 1.38 bits per heavy atom. The lowest BCUT2D eigenvalue weighted by atomic mass is 10.4. The summed E-state index contributed by atoms with van der Waals surface area (Å²) in [5, 5.41) is 15.6. The molecule has 0 spiro atoms. The van der Waals surface area contributed by atoms with Gasteiger partial charge in [-0.3, -0.25) is 9.36 Å². The van der Waals surface area contributed by atoms with E-state index in [0.717, 1.165) is 24.5 Å². The fraction of sp³-hybridized carbons (Fsp3) is 0.500. The Hall–Kier alpha value is -1.69. The van der Waals surface area contributed by atoms with Gasteiger partial charge in [0, 0.05) is 26.0 Å². The van der Waals surface area contributed by atoms with Gasteiger partial charge in [0.15, 0.2) is 0 Å². The van der Waals surface area contributed by atoms with Crippen LogP contribution in [-0.4, -0.2) is 31.3 Å². The maximum atomic E-state index is 4.43. The van der Waals surface area contributed by atoms with Crippen molar-refractivity contribution in [2.45, 2.75) is 20.0 Å². The standard InChI is InChI=1S/C10H16N6/c1-3-11-6-9-4-5-16(13-9)8-10-7-15(2)14-12-10/h4-5,7,11H,3,6,8H2,1-2H3. The number of nitrogens with one attached hydrogen (secondary N) is 1. The van der Waals surface area contributed by atoms with Crippen LogP contribution in [0.15, 0.2) is 18.5 Å². The van der Waals surface area contributed by atoms with Gasteiger partial charge in [0.25, 0.3) is 0 Å². The van der Waals surface area contributed by atoms with E-state index in [2.05, 4.69) is 27.7 Å². The van der Waals surface area contributed by atoms with Crippen molar-refractivity contribution < 1.29 is 0 Å². The zero-order chi connectivity index (χ0) is 11.4. The van der Waals surface area contributed by atoms with Crippen LogP contribution >= 0.6 is 0 Å². The van der Waals surface area contributed by atoms with Crippen LogP contribution in [0.1, 0.15) is 18.3 Å². The van der Waals surface area contributed by atoms with Crippen LogP contribution in [0.2, 0.25) is 0 Å². The number of rotatable bonds is 5. The van der Waals surface area contributed by atoms with Gasteiger partial charge in [-0.15, -0.1) is 5.10 Å². The number of aryl methyl sites for hydroxylation is 1. The average Bonchev–Trinajstić information content (AvgIpc) is 2.86. The molecule has 16 heavy (non-hydrogen) atoms. The molecule has 0 aliphatic rings. The van der Waals surface area contributed by atoms with Crippen molar-refractivity contribution in [1.29, 1.82) is 0 Å². The summed E-state index contributed by atoms with van der Waals surface area (Å²) in [7, 11) is 1.86. The summed E-state index contributed by atoms with van der Waals surface area (Å²) in [6, 6.07) is 2.01. The average molecular weight is 220 g/mol. The third-order valence-electron chi connectivity index (χ3n) is 2.23. The zero-order valence-corrected chi connectivity index (χ0v) is 9.59. The molecule has 0 aromatic carbocycles. The molecule has 2 heterocycles. The second-order valence-corrected chi connectivity index (χ2v) is 3.67. The first-order valence-corrected chi connectivity index (χ1v) is 5.36. The fourth-order valence-electron chi connectivity index (χ4n) is 1.47. The second kappa shape index (κ2) is 4.89. The molecule has 0 aliphatic heterocycles. The predicted molar refractivity (Wildman–Crippen MR) is 59.7 cm³/mol. The van der Waals surface area contributed by atoms with Crippen molar-refractivity contribution >= 4 is 0 Å². The van der Waals surface area contributed by atoms with Crippen LogP contribution in [-0.2, 0) is 20.1 Å². The van der Waals surface area contributed by atoms with E-state index in [1.54, 1.807) is 4.68 Å². The monoisotopic (exact) mass is 220 g/mol. The summed E-state index contributed by atoms with van der Waals surface area (Å²) in [5.74, 6) is 0. The number of aromatic nitrogens is 5. The predicted octanol–water partition coefficient (Wildman–Crippen LogP) is 0.169. The second-order valence-electron chi connectivity index (χ2n) is 3.67. The van der Waals surface area contributed by atoms with Gasteiger partial charge in [0.2, 0.25) is 0 Å². The maximum Gasteiger partial charge on any atom is 0.104 e. The van der Waals surface area contributed by atoms with Gasteiger partial charge in [-0.25, -0.2) is 0 Å². The number of hydrogen-bond acceptors (Lipinski definition) is 4. The molecule has 0 radical (unpaired) electrons. The summed E-state index contributed by atoms with van der Waals surface area (Å²) in [6.07, 6.45) is 3.85. The third kappa shape index (κ3) is 2.66. The molecular weight excluding hydrogens is 204 g/mol. The first kappa shape index (κ1) is 10.8. The summed E-state index contributed by atoms with van der Waals surface area (Å²) < 4.78 is 3.56. The molecule has 86 valence electrons. The molecule has 0 saturated heterocycles. The molecule has 1 N–H and O–H groups in total. The first-order valence-electron chi connectivity index (χ1n) is 5.36. The van der Waals surface area contributed by atoms with E-state index in [-0.39, 0.29) is 0 Å². The van der Waals surface area contributed by atoms with Gasteiger partial charge in [0.1, 0.15) is 5.69 Å². The third-order valence-corrected chi connectivity index (χ3v) is 2.23. The Morgan fingerprint density at radius 3 is 2.94 bits per heavy atom. The van der Waals surface area contributed by atoms with E-state index in [0.29, 0.717) is 6.54 Å².